The molecule has 0 saturated heterocycles. The number of aryl methyl sites for hydroxylation is 1. The number of thioether (sulfide) groups is 1. The molecule has 0 aliphatic carbocycles. The molecule has 1 N–H and O–H groups in total. The Hall–Kier alpha value is -2.17. The highest BCUT2D eigenvalue weighted by Crippen LogP contribution is 2.37. The maximum absolute atomic E-state index is 6.02. The maximum atomic E-state index is 6.02. The third-order valence-corrected chi connectivity index (χ3v) is 5.77. The Morgan fingerprint density at radius 2 is 1.76 bits per heavy atom. The van der Waals surface area contributed by atoms with Gasteiger partial charge in [-0.2, -0.15) is 5.10 Å². The Morgan fingerprint density at radius 1 is 1.04 bits per heavy atom. The van der Waals surface area contributed by atoms with Gasteiger partial charge in [0.2, 0.25) is 0 Å². The molecular weight excluding hydrogens is 350 g/mol. The van der Waals surface area contributed by atoms with E-state index in [1.807, 2.05) is 42.5 Å². The lowest BCUT2D eigenvalue weighted by atomic mass is 10.2. The van der Waals surface area contributed by atoms with Crippen molar-refractivity contribution in [1.29, 1.82) is 0 Å². The van der Waals surface area contributed by atoms with E-state index in [0.29, 0.717) is 0 Å². The molecule has 0 unspecified atom stereocenters. The second kappa shape index (κ2) is 6.62. The van der Waals surface area contributed by atoms with Crippen LogP contribution in [0.15, 0.2) is 65.8 Å². The second-order valence-corrected chi connectivity index (χ2v) is 7.58. The molecule has 126 valence electrons. The van der Waals surface area contributed by atoms with Crippen LogP contribution in [-0.4, -0.2) is 9.61 Å². The predicted octanol–water partition coefficient (Wildman–Crippen LogP) is 5.44. The molecule has 5 heteroatoms. The number of nitrogens with one attached hydrogen (secondary N) is 1. The van der Waals surface area contributed by atoms with Gasteiger partial charge in [-0.1, -0.05) is 53.7 Å². The molecule has 4 rings (SSSR count). The lowest BCUT2D eigenvalue weighted by molar-refractivity contribution is 0.737. The summed E-state index contributed by atoms with van der Waals surface area (Å²) >= 11 is 7.78. The highest BCUT2D eigenvalue weighted by Gasteiger charge is 2.26. The van der Waals surface area contributed by atoms with Crippen LogP contribution in [-0.2, 0) is 0 Å². The van der Waals surface area contributed by atoms with Gasteiger partial charge in [-0.25, -0.2) is 0 Å². The zero-order valence-electron chi connectivity index (χ0n) is 14.0. The summed E-state index contributed by atoms with van der Waals surface area (Å²) in [5, 5.41) is 6.44. The van der Waals surface area contributed by atoms with Gasteiger partial charge >= 0.3 is 0 Å². The standard InChI is InChI=1S/C20H18ClN3S/c1-13-12-18(14(2)24(13)17-10-8-16(21)9-11-17)20-23-22-19(25-20)15-6-4-3-5-7-15/h3-12,20,23H,1-2H3/t20-/m1/s1. The topological polar surface area (TPSA) is 29.3 Å². The molecule has 25 heavy (non-hydrogen) atoms. The number of nitrogens with zero attached hydrogens (tertiary/aromatic N) is 2. The average molecular weight is 368 g/mol. The molecule has 0 bridgehead atoms. The van der Waals surface area contributed by atoms with Crippen molar-refractivity contribution in [3.05, 3.63) is 88.2 Å². The van der Waals surface area contributed by atoms with Gasteiger partial charge in [-0.15, -0.1) is 0 Å². The Morgan fingerprint density at radius 3 is 2.48 bits per heavy atom. The molecule has 3 nitrogen and oxygen atoms in total. The van der Waals surface area contributed by atoms with Gasteiger partial charge in [-0.3, -0.25) is 5.43 Å². The normalized spacial score (nSPS) is 16.6. The van der Waals surface area contributed by atoms with E-state index in [4.69, 9.17) is 11.6 Å². The van der Waals surface area contributed by atoms with Crippen molar-refractivity contribution in [2.75, 3.05) is 0 Å². The predicted molar refractivity (Wildman–Crippen MR) is 107 cm³/mol. The first kappa shape index (κ1) is 16.3. The van der Waals surface area contributed by atoms with E-state index >= 15 is 0 Å². The fourth-order valence-electron chi connectivity index (χ4n) is 3.17. The minimum Gasteiger partial charge on any atom is -0.318 e. The lowest BCUT2D eigenvalue weighted by Crippen LogP contribution is -2.08. The molecule has 1 aromatic heterocycles. The summed E-state index contributed by atoms with van der Waals surface area (Å²) in [6.07, 6.45) is 0. The average Bonchev–Trinajstić information content (AvgIpc) is 3.22. The largest absolute Gasteiger partial charge is 0.318 e. The van der Waals surface area contributed by atoms with Crippen LogP contribution in [0.1, 0.15) is 27.9 Å². The van der Waals surface area contributed by atoms with Crippen LogP contribution >= 0.6 is 23.4 Å². The Balaban J connectivity index is 1.63. The van der Waals surface area contributed by atoms with Crippen molar-refractivity contribution in [1.82, 2.24) is 9.99 Å². The van der Waals surface area contributed by atoms with Gasteiger partial charge in [0, 0.05) is 33.2 Å². The summed E-state index contributed by atoms with van der Waals surface area (Å²) < 4.78 is 2.26. The molecule has 0 saturated carbocycles. The molecule has 1 aliphatic rings. The number of halogens is 1. The van der Waals surface area contributed by atoms with Crippen molar-refractivity contribution >= 4 is 28.4 Å². The van der Waals surface area contributed by atoms with Crippen LogP contribution in [0.3, 0.4) is 0 Å². The third-order valence-electron chi connectivity index (χ3n) is 4.37. The van der Waals surface area contributed by atoms with E-state index in [2.05, 4.69) is 47.1 Å². The van der Waals surface area contributed by atoms with Crippen molar-refractivity contribution in [2.24, 2.45) is 5.10 Å². The first-order chi connectivity index (χ1) is 12.1. The fraction of sp³-hybridized carbons (Fsp3) is 0.150. The molecule has 2 heterocycles. The fourth-order valence-corrected chi connectivity index (χ4v) is 4.37. The number of benzene rings is 2. The quantitative estimate of drug-likeness (QED) is 0.667. The minimum absolute atomic E-state index is 0.127. The lowest BCUT2D eigenvalue weighted by Gasteiger charge is -2.12. The second-order valence-electron chi connectivity index (χ2n) is 6.05. The highest BCUT2D eigenvalue weighted by atomic mass is 35.5. The number of hydrogen-bond acceptors (Lipinski definition) is 3. The van der Waals surface area contributed by atoms with Crippen LogP contribution in [0.5, 0.6) is 0 Å². The number of aromatic nitrogens is 1. The van der Waals surface area contributed by atoms with E-state index in [0.717, 1.165) is 21.3 Å². The van der Waals surface area contributed by atoms with E-state index in [1.54, 1.807) is 11.8 Å². The SMILES string of the molecule is Cc1cc([C@@H]2NN=C(c3ccccc3)S2)c(C)n1-c1ccc(Cl)cc1. The van der Waals surface area contributed by atoms with Gasteiger partial charge in [-0.05, 0) is 44.2 Å². The van der Waals surface area contributed by atoms with Crippen LogP contribution in [0, 0.1) is 13.8 Å². The van der Waals surface area contributed by atoms with Gasteiger partial charge in [0.05, 0.1) is 0 Å². The van der Waals surface area contributed by atoms with Crippen molar-refractivity contribution < 1.29 is 0 Å². The molecule has 2 aromatic carbocycles. The van der Waals surface area contributed by atoms with Crippen LogP contribution < -0.4 is 5.43 Å². The molecule has 0 spiro atoms. The minimum atomic E-state index is 0.127. The van der Waals surface area contributed by atoms with Crippen LogP contribution in [0.25, 0.3) is 5.69 Å². The summed E-state index contributed by atoms with van der Waals surface area (Å²) in [6, 6.07) is 20.5. The number of hydrazone groups is 1. The van der Waals surface area contributed by atoms with Gasteiger partial charge in [0.15, 0.2) is 0 Å². The van der Waals surface area contributed by atoms with E-state index in [-0.39, 0.29) is 5.37 Å². The summed E-state index contributed by atoms with van der Waals surface area (Å²) in [4.78, 5) is 0. The summed E-state index contributed by atoms with van der Waals surface area (Å²) in [7, 11) is 0. The van der Waals surface area contributed by atoms with Crippen molar-refractivity contribution in [2.45, 2.75) is 19.2 Å². The molecule has 3 aromatic rings. The molecular formula is C20H18ClN3S. The molecule has 0 amide bonds. The summed E-state index contributed by atoms with van der Waals surface area (Å²) in [5.74, 6) is 0. The molecule has 1 aliphatic heterocycles. The van der Waals surface area contributed by atoms with E-state index in [9.17, 15) is 0 Å². The van der Waals surface area contributed by atoms with Gasteiger partial charge < -0.3 is 4.57 Å². The molecule has 0 radical (unpaired) electrons. The van der Waals surface area contributed by atoms with E-state index < -0.39 is 0 Å². The molecule has 0 fully saturated rings. The number of rotatable bonds is 3. The Bertz CT molecular complexity index is 930. The summed E-state index contributed by atoms with van der Waals surface area (Å²) in [6.45, 7) is 4.28. The van der Waals surface area contributed by atoms with Crippen LogP contribution in [0.2, 0.25) is 5.02 Å². The van der Waals surface area contributed by atoms with Crippen molar-refractivity contribution in [3.8, 4) is 5.69 Å². The van der Waals surface area contributed by atoms with Gasteiger partial charge in [0.25, 0.3) is 0 Å². The first-order valence-electron chi connectivity index (χ1n) is 8.13. The molecule has 1 atom stereocenters. The Labute approximate surface area is 156 Å². The smallest absolute Gasteiger partial charge is 0.126 e. The van der Waals surface area contributed by atoms with Crippen molar-refractivity contribution in [3.63, 3.8) is 0 Å². The van der Waals surface area contributed by atoms with E-state index in [1.165, 1.54) is 17.0 Å². The van der Waals surface area contributed by atoms with Gasteiger partial charge in [0.1, 0.15) is 10.4 Å². The zero-order valence-corrected chi connectivity index (χ0v) is 15.6. The summed E-state index contributed by atoms with van der Waals surface area (Å²) in [5.41, 5.74) is 9.22. The highest BCUT2D eigenvalue weighted by molar-refractivity contribution is 8.14. The van der Waals surface area contributed by atoms with Crippen LogP contribution in [0.4, 0.5) is 0 Å². The first-order valence-corrected chi connectivity index (χ1v) is 9.39. The Kier molecular flexibility index (Phi) is 4.32. The maximum Gasteiger partial charge on any atom is 0.126 e. The zero-order chi connectivity index (χ0) is 17.4. The third kappa shape index (κ3) is 3.08. The monoisotopic (exact) mass is 367 g/mol. The number of hydrogen-bond donors (Lipinski definition) is 1.